The van der Waals surface area contributed by atoms with Crippen molar-refractivity contribution in [3.8, 4) is 5.75 Å². The van der Waals surface area contributed by atoms with E-state index in [0.29, 0.717) is 33.1 Å². The maximum Gasteiger partial charge on any atom is 0.310 e. The number of ether oxygens (including phenoxy) is 2. The first-order chi connectivity index (χ1) is 13.5. The fourth-order valence-electron chi connectivity index (χ4n) is 3.09. The van der Waals surface area contributed by atoms with E-state index in [-0.39, 0.29) is 18.3 Å². The molecule has 0 unspecified atom stereocenters. The van der Waals surface area contributed by atoms with Gasteiger partial charge in [-0.3, -0.25) is 14.2 Å². The van der Waals surface area contributed by atoms with Gasteiger partial charge in [0.05, 0.1) is 26.2 Å². The Balaban J connectivity index is 0.00000136. The predicted molar refractivity (Wildman–Crippen MR) is 111 cm³/mol. The molecule has 0 atom stereocenters. The van der Waals surface area contributed by atoms with Crippen molar-refractivity contribution in [1.82, 2.24) is 4.57 Å². The van der Waals surface area contributed by atoms with Gasteiger partial charge in [0.15, 0.2) is 0 Å². The third-order valence-corrected chi connectivity index (χ3v) is 4.63. The van der Waals surface area contributed by atoms with Gasteiger partial charge in [-0.05, 0) is 48.9 Å². The van der Waals surface area contributed by atoms with E-state index in [2.05, 4.69) is 0 Å². The second-order valence-electron chi connectivity index (χ2n) is 5.82. The van der Waals surface area contributed by atoms with Crippen LogP contribution in [-0.4, -0.2) is 30.7 Å². The molecule has 0 aliphatic heterocycles. The highest BCUT2D eigenvalue weighted by molar-refractivity contribution is 6.30. The van der Waals surface area contributed by atoms with Crippen LogP contribution in [0.15, 0.2) is 42.5 Å². The van der Waals surface area contributed by atoms with Gasteiger partial charge < -0.3 is 9.47 Å². The smallest absolute Gasteiger partial charge is 0.310 e. The normalized spacial score (nSPS) is 10.2. The first-order valence-electron chi connectivity index (χ1n) is 9.02. The van der Waals surface area contributed by atoms with Crippen LogP contribution in [-0.2, 0) is 16.0 Å². The van der Waals surface area contributed by atoms with E-state index in [4.69, 9.17) is 21.1 Å². The zero-order valence-electron chi connectivity index (χ0n) is 16.7. The van der Waals surface area contributed by atoms with Gasteiger partial charge in [0.25, 0.3) is 5.91 Å². The van der Waals surface area contributed by atoms with Crippen LogP contribution in [0.3, 0.4) is 0 Å². The van der Waals surface area contributed by atoms with Crippen molar-refractivity contribution in [1.29, 1.82) is 0 Å². The van der Waals surface area contributed by atoms with Crippen molar-refractivity contribution >= 4 is 34.4 Å². The Labute approximate surface area is 169 Å². The van der Waals surface area contributed by atoms with Crippen molar-refractivity contribution < 1.29 is 19.1 Å². The van der Waals surface area contributed by atoms with Gasteiger partial charge in [0.2, 0.25) is 0 Å². The second-order valence-corrected chi connectivity index (χ2v) is 6.26. The van der Waals surface area contributed by atoms with Crippen LogP contribution in [0.25, 0.3) is 10.9 Å². The molecule has 0 N–H and O–H groups in total. The minimum atomic E-state index is -0.378. The van der Waals surface area contributed by atoms with Gasteiger partial charge in [-0.2, -0.15) is 0 Å². The number of aromatic nitrogens is 1. The number of carbonyl (C=O) groups excluding carboxylic acids is 2. The lowest BCUT2D eigenvalue weighted by Crippen LogP contribution is -2.14. The molecular formula is C22H24ClNO4. The van der Waals surface area contributed by atoms with Gasteiger partial charge in [-0.1, -0.05) is 31.5 Å². The fourth-order valence-corrected chi connectivity index (χ4v) is 3.22. The average molecular weight is 402 g/mol. The number of hydrogen-bond acceptors (Lipinski definition) is 4. The van der Waals surface area contributed by atoms with E-state index in [0.717, 1.165) is 5.39 Å². The average Bonchev–Trinajstić information content (AvgIpc) is 3.01. The van der Waals surface area contributed by atoms with Crippen LogP contribution < -0.4 is 4.74 Å². The monoisotopic (exact) mass is 401 g/mol. The van der Waals surface area contributed by atoms with Gasteiger partial charge in [-0.15, -0.1) is 0 Å². The maximum absolute atomic E-state index is 13.1. The van der Waals surface area contributed by atoms with Crippen molar-refractivity contribution in [3.05, 3.63) is 64.3 Å². The van der Waals surface area contributed by atoms with E-state index in [1.54, 1.807) is 42.0 Å². The van der Waals surface area contributed by atoms with Crippen LogP contribution >= 0.6 is 11.6 Å². The molecule has 0 fully saturated rings. The molecule has 148 valence electrons. The molecule has 0 spiro atoms. The number of rotatable bonds is 4. The summed E-state index contributed by atoms with van der Waals surface area (Å²) in [5.74, 6) is 0.0256. The molecule has 0 amide bonds. The summed E-state index contributed by atoms with van der Waals surface area (Å²) in [4.78, 5) is 25.0. The van der Waals surface area contributed by atoms with E-state index < -0.39 is 0 Å². The molecule has 6 heteroatoms. The topological polar surface area (TPSA) is 57.5 Å². The van der Waals surface area contributed by atoms with E-state index in [1.807, 2.05) is 32.9 Å². The molecule has 3 rings (SSSR count). The lowest BCUT2D eigenvalue weighted by Gasteiger charge is -2.08. The number of esters is 1. The third kappa shape index (κ3) is 4.04. The first kappa shape index (κ1) is 21.5. The summed E-state index contributed by atoms with van der Waals surface area (Å²) in [6.07, 6.45) is 0.0557. The molecule has 1 aromatic heterocycles. The van der Waals surface area contributed by atoms with Crippen LogP contribution in [0, 0.1) is 6.92 Å². The summed E-state index contributed by atoms with van der Waals surface area (Å²) in [7, 11) is 2.90. The molecule has 0 saturated carbocycles. The largest absolute Gasteiger partial charge is 0.496 e. The number of hydrogen-bond donors (Lipinski definition) is 0. The second kappa shape index (κ2) is 9.42. The highest BCUT2D eigenvalue weighted by Crippen LogP contribution is 2.34. The molecular weight excluding hydrogens is 378 g/mol. The van der Waals surface area contributed by atoms with Crippen molar-refractivity contribution in [2.24, 2.45) is 0 Å². The zero-order chi connectivity index (χ0) is 20.8. The van der Waals surface area contributed by atoms with Gasteiger partial charge in [0.1, 0.15) is 5.75 Å². The highest BCUT2D eigenvalue weighted by Gasteiger charge is 2.23. The van der Waals surface area contributed by atoms with Crippen LogP contribution in [0.4, 0.5) is 0 Å². The summed E-state index contributed by atoms with van der Waals surface area (Å²) in [6, 6.07) is 12.1. The molecule has 3 aromatic rings. The van der Waals surface area contributed by atoms with Gasteiger partial charge >= 0.3 is 5.97 Å². The Hall–Kier alpha value is -2.79. The quantitative estimate of drug-likeness (QED) is 0.574. The van der Waals surface area contributed by atoms with E-state index in [1.165, 1.54) is 7.11 Å². The van der Waals surface area contributed by atoms with Gasteiger partial charge in [-0.25, -0.2) is 0 Å². The Bertz CT molecular complexity index is 990. The van der Waals surface area contributed by atoms with Crippen molar-refractivity contribution in [2.75, 3.05) is 14.2 Å². The standard InChI is InChI=1S/C20H18ClNO4.C2H6/c1-12-15(11-18(23)26-3)19-16(5-4-6-17(19)25-2)22(12)20(24)13-7-9-14(21)10-8-13;1-2/h4-10H,11H2,1-3H3;1-2H3. The first-order valence-corrected chi connectivity index (χ1v) is 9.39. The molecule has 0 bridgehead atoms. The summed E-state index contributed by atoms with van der Waals surface area (Å²) < 4.78 is 11.9. The number of carbonyl (C=O) groups is 2. The Morgan fingerprint density at radius 2 is 1.68 bits per heavy atom. The van der Waals surface area contributed by atoms with E-state index in [9.17, 15) is 9.59 Å². The molecule has 1 heterocycles. The lowest BCUT2D eigenvalue weighted by atomic mass is 10.1. The number of benzene rings is 2. The number of methoxy groups -OCH3 is 2. The van der Waals surface area contributed by atoms with E-state index >= 15 is 0 Å². The molecule has 0 radical (unpaired) electrons. The van der Waals surface area contributed by atoms with Crippen LogP contribution in [0.1, 0.15) is 35.5 Å². The molecule has 0 saturated heterocycles. The minimum Gasteiger partial charge on any atom is -0.496 e. The Morgan fingerprint density at radius 1 is 1.04 bits per heavy atom. The molecule has 0 aliphatic rings. The molecule has 0 aliphatic carbocycles. The van der Waals surface area contributed by atoms with Gasteiger partial charge in [0, 0.05) is 21.7 Å². The molecule has 5 nitrogen and oxygen atoms in total. The number of nitrogens with zero attached hydrogens (tertiary/aromatic N) is 1. The van der Waals surface area contributed by atoms with Crippen molar-refractivity contribution in [2.45, 2.75) is 27.2 Å². The third-order valence-electron chi connectivity index (χ3n) is 4.38. The zero-order valence-corrected chi connectivity index (χ0v) is 17.5. The van der Waals surface area contributed by atoms with Crippen LogP contribution in [0.5, 0.6) is 5.75 Å². The van der Waals surface area contributed by atoms with Crippen molar-refractivity contribution in [3.63, 3.8) is 0 Å². The summed E-state index contributed by atoms with van der Waals surface area (Å²) in [5, 5.41) is 1.30. The summed E-state index contributed by atoms with van der Waals surface area (Å²) >= 11 is 5.92. The molecule has 28 heavy (non-hydrogen) atoms. The number of halogens is 1. The maximum atomic E-state index is 13.1. The Kier molecular flexibility index (Phi) is 7.24. The lowest BCUT2D eigenvalue weighted by molar-refractivity contribution is -0.139. The summed E-state index contributed by atoms with van der Waals surface area (Å²) in [6.45, 7) is 5.81. The molecule has 2 aromatic carbocycles. The fraction of sp³-hybridized carbons (Fsp3) is 0.273. The highest BCUT2D eigenvalue weighted by atomic mass is 35.5. The SMILES string of the molecule is CC.COC(=O)Cc1c(C)n(C(=O)c2ccc(Cl)cc2)c2cccc(OC)c12. The van der Waals surface area contributed by atoms with Crippen LogP contribution in [0.2, 0.25) is 5.02 Å². The predicted octanol–water partition coefficient (Wildman–Crippen LogP) is 5.04. The number of fused-ring (bicyclic) bond motifs is 1. The Morgan fingerprint density at radius 3 is 2.25 bits per heavy atom. The minimum absolute atomic E-state index is 0.0557. The summed E-state index contributed by atoms with van der Waals surface area (Å²) in [5.41, 5.74) is 2.57.